The Morgan fingerprint density at radius 1 is 0.882 bits per heavy atom. The molecule has 0 saturated heterocycles. The molecule has 174 valence electrons. The molecule has 0 heterocycles. The lowest BCUT2D eigenvalue weighted by Crippen LogP contribution is -2.09. The number of hydrogen-bond donors (Lipinski definition) is 0. The molecule has 0 radical (unpaired) electrons. The topological polar surface area (TPSA) is 61.8 Å². The van der Waals surface area contributed by atoms with Gasteiger partial charge in [-0.1, -0.05) is 78.9 Å². The standard InChI is InChI=1S/C29H28O5/c1-21-10-9-15-26(29(21)33-20-23-11-5-4-6-12-23)27(34-22(2)30)18-16-24-13-7-8-14-25(24)17-19-28(31)32-3/h4-19,27H,20H2,1-3H3/b18-16+,19-17+. The van der Waals surface area contributed by atoms with Crippen LogP contribution in [-0.4, -0.2) is 19.0 Å². The Labute approximate surface area is 200 Å². The summed E-state index contributed by atoms with van der Waals surface area (Å²) in [4.78, 5) is 23.4. The van der Waals surface area contributed by atoms with Crippen LogP contribution < -0.4 is 4.74 Å². The van der Waals surface area contributed by atoms with E-state index in [1.807, 2.05) is 91.9 Å². The van der Waals surface area contributed by atoms with Gasteiger partial charge in [-0.3, -0.25) is 4.79 Å². The molecule has 0 fully saturated rings. The van der Waals surface area contributed by atoms with Crippen LogP contribution in [0.4, 0.5) is 0 Å². The summed E-state index contributed by atoms with van der Waals surface area (Å²) in [6.45, 7) is 3.75. The first-order valence-electron chi connectivity index (χ1n) is 10.9. The molecule has 0 aromatic heterocycles. The van der Waals surface area contributed by atoms with Crippen molar-refractivity contribution in [3.63, 3.8) is 0 Å². The highest BCUT2D eigenvalue weighted by Crippen LogP contribution is 2.33. The van der Waals surface area contributed by atoms with Crippen molar-refractivity contribution in [2.45, 2.75) is 26.6 Å². The van der Waals surface area contributed by atoms with Crippen molar-refractivity contribution in [3.8, 4) is 5.75 Å². The number of methoxy groups -OCH3 is 1. The first kappa shape index (κ1) is 24.5. The molecule has 3 rings (SSSR count). The molecule has 34 heavy (non-hydrogen) atoms. The number of benzene rings is 3. The molecule has 1 atom stereocenters. The molecular formula is C29H28O5. The maximum absolute atomic E-state index is 11.9. The minimum Gasteiger partial charge on any atom is -0.488 e. The molecule has 0 amide bonds. The Balaban J connectivity index is 1.92. The molecule has 3 aromatic rings. The van der Waals surface area contributed by atoms with Crippen LogP contribution in [-0.2, 0) is 25.7 Å². The summed E-state index contributed by atoms with van der Waals surface area (Å²) in [5.74, 6) is -0.151. The van der Waals surface area contributed by atoms with Crippen molar-refractivity contribution in [2.24, 2.45) is 0 Å². The quantitative estimate of drug-likeness (QED) is 0.289. The zero-order chi connectivity index (χ0) is 24.3. The number of carbonyl (C=O) groups is 2. The number of aryl methyl sites for hydroxylation is 1. The molecule has 0 aliphatic carbocycles. The van der Waals surface area contributed by atoms with E-state index in [0.29, 0.717) is 12.4 Å². The number of ether oxygens (including phenoxy) is 3. The zero-order valence-electron chi connectivity index (χ0n) is 19.6. The molecule has 0 saturated carbocycles. The second kappa shape index (κ2) is 12.2. The lowest BCUT2D eigenvalue weighted by molar-refractivity contribution is -0.144. The van der Waals surface area contributed by atoms with Crippen LogP contribution >= 0.6 is 0 Å². The normalized spacial score (nSPS) is 12.0. The fourth-order valence-electron chi connectivity index (χ4n) is 3.44. The van der Waals surface area contributed by atoms with Crippen LogP contribution in [0, 0.1) is 6.92 Å². The van der Waals surface area contributed by atoms with Crippen molar-refractivity contribution >= 4 is 24.1 Å². The van der Waals surface area contributed by atoms with E-state index in [1.165, 1.54) is 20.1 Å². The second-order valence-electron chi connectivity index (χ2n) is 7.64. The van der Waals surface area contributed by atoms with E-state index in [0.717, 1.165) is 27.8 Å². The molecule has 1 unspecified atom stereocenters. The van der Waals surface area contributed by atoms with Crippen molar-refractivity contribution < 1.29 is 23.8 Å². The molecule has 5 nitrogen and oxygen atoms in total. The number of rotatable bonds is 9. The minimum absolute atomic E-state index is 0.399. The van der Waals surface area contributed by atoms with E-state index < -0.39 is 18.0 Å². The second-order valence-corrected chi connectivity index (χ2v) is 7.64. The summed E-state index contributed by atoms with van der Waals surface area (Å²) in [6, 6.07) is 23.3. The third-order valence-electron chi connectivity index (χ3n) is 5.11. The number of para-hydroxylation sites is 1. The molecular weight excluding hydrogens is 428 g/mol. The van der Waals surface area contributed by atoms with E-state index in [9.17, 15) is 9.59 Å². The van der Waals surface area contributed by atoms with Crippen LogP contribution in [0.15, 0.2) is 84.9 Å². The van der Waals surface area contributed by atoms with Gasteiger partial charge in [0.15, 0.2) is 0 Å². The lowest BCUT2D eigenvalue weighted by Gasteiger charge is -2.20. The average Bonchev–Trinajstić information content (AvgIpc) is 2.85. The summed E-state index contributed by atoms with van der Waals surface area (Å²) < 4.78 is 16.5. The van der Waals surface area contributed by atoms with Crippen LogP contribution in [0.3, 0.4) is 0 Å². The number of hydrogen-bond acceptors (Lipinski definition) is 5. The van der Waals surface area contributed by atoms with Crippen LogP contribution in [0.2, 0.25) is 0 Å². The van der Waals surface area contributed by atoms with Gasteiger partial charge in [-0.25, -0.2) is 4.79 Å². The van der Waals surface area contributed by atoms with Gasteiger partial charge in [0, 0.05) is 18.6 Å². The van der Waals surface area contributed by atoms with E-state index in [1.54, 1.807) is 6.08 Å². The molecule has 3 aromatic carbocycles. The molecule has 0 spiro atoms. The smallest absolute Gasteiger partial charge is 0.330 e. The van der Waals surface area contributed by atoms with E-state index in [2.05, 4.69) is 4.74 Å². The monoisotopic (exact) mass is 456 g/mol. The Morgan fingerprint density at radius 3 is 2.24 bits per heavy atom. The predicted octanol–water partition coefficient (Wildman–Crippen LogP) is 6.08. The van der Waals surface area contributed by atoms with Crippen molar-refractivity contribution in [1.82, 2.24) is 0 Å². The van der Waals surface area contributed by atoms with Crippen molar-refractivity contribution in [1.29, 1.82) is 0 Å². The van der Waals surface area contributed by atoms with Gasteiger partial charge in [-0.15, -0.1) is 0 Å². The Morgan fingerprint density at radius 2 is 1.56 bits per heavy atom. The van der Waals surface area contributed by atoms with Gasteiger partial charge in [0.25, 0.3) is 0 Å². The third kappa shape index (κ3) is 6.94. The maximum Gasteiger partial charge on any atom is 0.330 e. The van der Waals surface area contributed by atoms with Crippen molar-refractivity contribution in [3.05, 3.63) is 113 Å². The molecule has 0 N–H and O–H groups in total. The largest absolute Gasteiger partial charge is 0.488 e. The molecule has 0 bridgehead atoms. The summed E-state index contributed by atoms with van der Waals surface area (Å²) in [6.07, 6.45) is 6.09. The Kier molecular flexibility index (Phi) is 8.81. The summed E-state index contributed by atoms with van der Waals surface area (Å²) >= 11 is 0. The Bertz CT molecular complexity index is 1180. The van der Waals surface area contributed by atoms with Crippen molar-refractivity contribution in [2.75, 3.05) is 7.11 Å². The van der Waals surface area contributed by atoms with E-state index >= 15 is 0 Å². The Hall–Kier alpha value is -4.12. The number of carbonyl (C=O) groups excluding carboxylic acids is 2. The van der Waals surface area contributed by atoms with Crippen LogP contribution in [0.25, 0.3) is 12.2 Å². The van der Waals surface area contributed by atoms with Gasteiger partial charge < -0.3 is 14.2 Å². The first-order valence-corrected chi connectivity index (χ1v) is 10.9. The fraction of sp³-hybridized carbons (Fsp3) is 0.172. The van der Waals surface area contributed by atoms with E-state index in [4.69, 9.17) is 9.47 Å². The fourth-order valence-corrected chi connectivity index (χ4v) is 3.44. The zero-order valence-corrected chi connectivity index (χ0v) is 19.6. The minimum atomic E-state index is -0.652. The molecule has 0 aliphatic rings. The number of esters is 2. The predicted molar refractivity (Wildman–Crippen MR) is 133 cm³/mol. The third-order valence-corrected chi connectivity index (χ3v) is 5.11. The highest BCUT2D eigenvalue weighted by Gasteiger charge is 2.18. The van der Waals surface area contributed by atoms with E-state index in [-0.39, 0.29) is 0 Å². The molecule has 5 heteroatoms. The average molecular weight is 457 g/mol. The summed E-state index contributed by atoms with van der Waals surface area (Å²) in [5, 5.41) is 0. The van der Waals surface area contributed by atoms with Gasteiger partial charge in [-0.05, 0) is 41.3 Å². The van der Waals surface area contributed by atoms with Gasteiger partial charge in [0.05, 0.1) is 7.11 Å². The van der Waals surface area contributed by atoms with Gasteiger partial charge in [-0.2, -0.15) is 0 Å². The van der Waals surface area contributed by atoms with Gasteiger partial charge in [0.2, 0.25) is 0 Å². The lowest BCUT2D eigenvalue weighted by atomic mass is 10.0. The molecule has 0 aliphatic heterocycles. The van der Waals surface area contributed by atoms with Gasteiger partial charge in [0.1, 0.15) is 18.5 Å². The first-order chi connectivity index (χ1) is 16.5. The summed E-state index contributed by atoms with van der Waals surface area (Å²) in [7, 11) is 1.33. The highest BCUT2D eigenvalue weighted by molar-refractivity contribution is 5.87. The SMILES string of the molecule is COC(=O)/C=C/c1ccccc1/C=C/C(OC(C)=O)c1cccc(C)c1OCc1ccccc1. The maximum atomic E-state index is 11.9. The van der Waals surface area contributed by atoms with Gasteiger partial charge >= 0.3 is 11.9 Å². The highest BCUT2D eigenvalue weighted by atomic mass is 16.5. The van der Waals surface area contributed by atoms with Crippen LogP contribution in [0.5, 0.6) is 5.75 Å². The summed E-state index contributed by atoms with van der Waals surface area (Å²) in [5.41, 5.74) is 4.43. The van der Waals surface area contributed by atoms with Crippen LogP contribution in [0.1, 0.15) is 40.8 Å².